The lowest BCUT2D eigenvalue weighted by atomic mass is 10.3. The van der Waals surface area contributed by atoms with E-state index in [2.05, 4.69) is 16.8 Å². The molecule has 0 aliphatic carbocycles. The normalized spacial score (nSPS) is 12.0. The van der Waals surface area contributed by atoms with Gasteiger partial charge in [-0.1, -0.05) is 11.9 Å². The summed E-state index contributed by atoms with van der Waals surface area (Å²) in [5.41, 5.74) is 1.13. The molecule has 0 unspecified atom stereocenters. The van der Waals surface area contributed by atoms with Crippen molar-refractivity contribution in [1.29, 1.82) is 0 Å². The summed E-state index contributed by atoms with van der Waals surface area (Å²) in [7, 11) is 4.26. The zero-order chi connectivity index (χ0) is 7.52. The predicted molar refractivity (Wildman–Crippen MR) is 52.8 cm³/mol. The first kappa shape index (κ1) is 7.44. The predicted octanol–water partition coefficient (Wildman–Crippen LogP) is 4.21. The molecule has 11 heavy (non-hydrogen) atoms. The highest BCUT2D eigenvalue weighted by atomic mass is 32.1. The van der Waals surface area contributed by atoms with Gasteiger partial charge in [0, 0.05) is 6.20 Å². The molecule has 0 aliphatic rings. The molecule has 54 valence electrons. The summed E-state index contributed by atoms with van der Waals surface area (Å²) in [6.07, 6.45) is 1.85. The van der Waals surface area contributed by atoms with E-state index in [4.69, 9.17) is 0 Å². The Hall–Kier alpha value is -0.210. The van der Waals surface area contributed by atoms with E-state index in [1.165, 1.54) is 28.6 Å². The molecule has 0 bridgehead atoms. The molecule has 0 aromatic carbocycles. The lowest BCUT2D eigenvalue weighted by Gasteiger charge is -1.95. The van der Waals surface area contributed by atoms with Gasteiger partial charge in [0.2, 0.25) is 0 Å². The van der Waals surface area contributed by atoms with Gasteiger partial charge in [0.05, 0.1) is 5.69 Å². The van der Waals surface area contributed by atoms with E-state index in [-0.39, 0.29) is 0 Å². The Morgan fingerprint density at radius 2 is 2.36 bits per heavy atom. The maximum atomic E-state index is 4.28. The lowest BCUT2D eigenvalue weighted by molar-refractivity contribution is 1.34. The SMILES string of the molecule is c1ccc(-c2cp[p-]p2)nc1. The minimum atomic E-state index is 1.13. The fraction of sp³-hybridized carbons (Fsp3) is 0. The largest absolute Gasteiger partial charge is 0.462 e. The van der Waals surface area contributed by atoms with Gasteiger partial charge in [-0.2, -0.15) is 0 Å². The molecule has 2 aromatic heterocycles. The monoisotopic (exact) mass is 196 g/mol. The van der Waals surface area contributed by atoms with E-state index in [1.807, 2.05) is 18.3 Å². The Balaban J connectivity index is 2.46. The van der Waals surface area contributed by atoms with E-state index in [0.717, 1.165) is 5.69 Å². The first-order chi connectivity index (χ1) is 5.47. The van der Waals surface area contributed by atoms with Gasteiger partial charge < -0.3 is 7.55 Å². The highest BCUT2D eigenvalue weighted by Gasteiger charge is 1.91. The standard InChI is InChI=1S/C7H5NP3/c1-2-4-8-6(3-1)7-5-9-11-10-7/h1-5H/q-1. The molecule has 0 N–H and O–H groups in total. The van der Waals surface area contributed by atoms with Crippen LogP contribution >= 0.6 is 23.3 Å². The second kappa shape index (κ2) is 3.46. The molecule has 2 aromatic rings. The summed E-state index contributed by atoms with van der Waals surface area (Å²) in [5.74, 6) is 2.24. The lowest BCUT2D eigenvalue weighted by Crippen LogP contribution is -1.74. The Bertz CT molecular complexity index is 317. The first-order valence-corrected chi connectivity index (χ1v) is 7.35. The number of nitrogens with zero attached hydrogens (tertiary/aromatic N) is 1. The van der Waals surface area contributed by atoms with Crippen LogP contribution in [-0.2, 0) is 0 Å². The van der Waals surface area contributed by atoms with Crippen LogP contribution in [0, 0.1) is 0 Å². The van der Waals surface area contributed by atoms with Crippen LogP contribution < -0.4 is 0 Å². The van der Waals surface area contributed by atoms with Gasteiger partial charge in [-0.15, -0.1) is 0 Å². The molecule has 4 heteroatoms. The number of hydrogen-bond donors (Lipinski definition) is 0. The molecule has 1 nitrogen and oxygen atoms in total. The molecule has 0 radical (unpaired) electrons. The fourth-order valence-corrected chi connectivity index (χ4v) is 5.66. The molecular weight excluding hydrogens is 191 g/mol. The van der Waals surface area contributed by atoms with E-state index in [1.54, 1.807) is 0 Å². The van der Waals surface area contributed by atoms with Crippen molar-refractivity contribution in [2.24, 2.45) is 0 Å². The Kier molecular flexibility index (Phi) is 2.34. The average Bonchev–Trinajstić information content (AvgIpc) is 2.58. The second-order valence-corrected chi connectivity index (χ2v) is 6.82. The molecule has 0 amide bonds. The van der Waals surface area contributed by atoms with Gasteiger partial charge >= 0.3 is 0 Å². The molecule has 0 saturated carbocycles. The van der Waals surface area contributed by atoms with E-state index in [9.17, 15) is 0 Å². The smallest absolute Gasteiger partial charge is 0.0724 e. The van der Waals surface area contributed by atoms with Gasteiger partial charge in [-0.25, -0.2) is 0 Å². The molecular formula is C7H5NP3-. The zero-order valence-corrected chi connectivity index (χ0v) is 8.36. The molecule has 2 heterocycles. The summed E-state index contributed by atoms with van der Waals surface area (Å²) in [6, 6.07) is 6.05. The number of rotatable bonds is 1. The summed E-state index contributed by atoms with van der Waals surface area (Å²) in [4.78, 5) is 4.28. The molecule has 0 atom stereocenters. The third-order valence-electron chi connectivity index (χ3n) is 1.31. The van der Waals surface area contributed by atoms with Crippen LogP contribution in [0.25, 0.3) is 11.0 Å². The maximum Gasteiger partial charge on any atom is 0.0724 e. The number of pyridine rings is 1. The Morgan fingerprint density at radius 1 is 1.36 bits per heavy atom. The Labute approximate surface area is 70.0 Å². The van der Waals surface area contributed by atoms with E-state index >= 15 is 0 Å². The van der Waals surface area contributed by atoms with Crippen LogP contribution in [0.4, 0.5) is 0 Å². The van der Waals surface area contributed by atoms with Crippen LogP contribution in [0.1, 0.15) is 0 Å². The molecule has 0 aliphatic heterocycles. The van der Waals surface area contributed by atoms with Crippen molar-refractivity contribution in [2.75, 3.05) is 0 Å². The van der Waals surface area contributed by atoms with Crippen LogP contribution in [0.3, 0.4) is 0 Å². The molecule has 0 saturated heterocycles. The number of hydrogen-bond acceptors (Lipinski definition) is 1. The van der Waals surface area contributed by atoms with Crippen molar-refractivity contribution in [1.82, 2.24) is 4.98 Å². The zero-order valence-electron chi connectivity index (χ0n) is 5.68. The van der Waals surface area contributed by atoms with Gasteiger partial charge in [-0.05, 0) is 17.4 Å². The highest BCUT2D eigenvalue weighted by Crippen LogP contribution is 2.41. The van der Waals surface area contributed by atoms with Gasteiger partial charge in [0.15, 0.2) is 0 Å². The second-order valence-electron chi connectivity index (χ2n) is 2.03. The van der Waals surface area contributed by atoms with Crippen molar-refractivity contribution in [2.45, 2.75) is 0 Å². The third-order valence-corrected chi connectivity index (χ3v) is 5.96. The van der Waals surface area contributed by atoms with Crippen LogP contribution in [-0.4, -0.2) is 4.98 Å². The third kappa shape index (κ3) is 1.68. The topological polar surface area (TPSA) is 12.9 Å². The van der Waals surface area contributed by atoms with Crippen LogP contribution in [0.15, 0.2) is 30.2 Å². The quantitative estimate of drug-likeness (QED) is 0.665. The average molecular weight is 196 g/mol. The van der Waals surface area contributed by atoms with Crippen LogP contribution in [0.5, 0.6) is 0 Å². The fourth-order valence-electron chi connectivity index (χ4n) is 0.812. The van der Waals surface area contributed by atoms with Crippen molar-refractivity contribution in [3.63, 3.8) is 0 Å². The van der Waals surface area contributed by atoms with Gasteiger partial charge in [-0.3, -0.25) is 20.7 Å². The van der Waals surface area contributed by atoms with E-state index < -0.39 is 0 Å². The Morgan fingerprint density at radius 3 is 3.00 bits per heavy atom. The first-order valence-electron chi connectivity index (χ1n) is 3.19. The van der Waals surface area contributed by atoms with Crippen molar-refractivity contribution < 1.29 is 0 Å². The molecule has 0 spiro atoms. The van der Waals surface area contributed by atoms with Crippen LogP contribution in [0.2, 0.25) is 0 Å². The van der Waals surface area contributed by atoms with Gasteiger partial charge in [0.25, 0.3) is 0 Å². The van der Waals surface area contributed by atoms with Crippen molar-refractivity contribution in [3.05, 3.63) is 30.2 Å². The summed E-state index contributed by atoms with van der Waals surface area (Å²) < 4.78 is 0. The maximum absolute atomic E-state index is 4.28. The van der Waals surface area contributed by atoms with Crippen molar-refractivity contribution in [3.8, 4) is 11.0 Å². The minimum Gasteiger partial charge on any atom is -0.462 e. The molecule has 0 fully saturated rings. The van der Waals surface area contributed by atoms with Gasteiger partial charge in [0.1, 0.15) is 0 Å². The highest BCUT2D eigenvalue weighted by molar-refractivity contribution is 8.17. The minimum absolute atomic E-state index is 1.13. The van der Waals surface area contributed by atoms with E-state index in [0.29, 0.717) is 0 Å². The molecule has 2 rings (SSSR count). The summed E-state index contributed by atoms with van der Waals surface area (Å²) >= 11 is 0. The van der Waals surface area contributed by atoms with Crippen molar-refractivity contribution >= 4 is 23.3 Å². The summed E-state index contributed by atoms with van der Waals surface area (Å²) in [5, 5.41) is 1.37. The number of aromatic nitrogens is 1. The summed E-state index contributed by atoms with van der Waals surface area (Å²) in [6.45, 7) is 0.